The van der Waals surface area contributed by atoms with E-state index in [0.29, 0.717) is 0 Å². The molecular formula is C13H15BrN2S. The largest absolute Gasteiger partial charge is 0.379 e. The van der Waals surface area contributed by atoms with Crippen LogP contribution in [0.25, 0.3) is 0 Å². The second-order valence-corrected chi connectivity index (χ2v) is 6.33. The van der Waals surface area contributed by atoms with Crippen molar-refractivity contribution in [1.82, 2.24) is 4.98 Å². The number of thiophene rings is 1. The van der Waals surface area contributed by atoms with Crippen molar-refractivity contribution in [2.75, 3.05) is 5.32 Å². The second kappa shape index (κ2) is 5.19. The van der Waals surface area contributed by atoms with E-state index in [2.05, 4.69) is 52.2 Å². The highest BCUT2D eigenvalue weighted by Gasteiger charge is 2.04. The van der Waals surface area contributed by atoms with Crippen LogP contribution < -0.4 is 5.32 Å². The molecule has 0 saturated carbocycles. The van der Waals surface area contributed by atoms with Gasteiger partial charge < -0.3 is 5.32 Å². The fourth-order valence-corrected chi connectivity index (χ4v) is 3.11. The Morgan fingerprint density at radius 3 is 2.65 bits per heavy atom. The van der Waals surface area contributed by atoms with Gasteiger partial charge in [-0.3, -0.25) is 0 Å². The van der Waals surface area contributed by atoms with Crippen LogP contribution in [0.1, 0.15) is 21.0 Å². The average Bonchev–Trinajstić information content (AvgIpc) is 2.56. The van der Waals surface area contributed by atoms with Crippen molar-refractivity contribution in [2.45, 2.75) is 27.3 Å². The van der Waals surface area contributed by atoms with Gasteiger partial charge >= 0.3 is 0 Å². The number of anilines is 1. The molecule has 0 spiro atoms. The molecule has 0 aliphatic rings. The lowest BCUT2D eigenvalue weighted by molar-refractivity contribution is 1.09. The van der Waals surface area contributed by atoms with E-state index in [1.54, 1.807) is 0 Å². The van der Waals surface area contributed by atoms with Crippen LogP contribution >= 0.6 is 27.3 Å². The Morgan fingerprint density at radius 1 is 1.29 bits per heavy atom. The zero-order chi connectivity index (χ0) is 12.4. The van der Waals surface area contributed by atoms with Gasteiger partial charge in [0.1, 0.15) is 4.60 Å². The van der Waals surface area contributed by atoms with E-state index in [9.17, 15) is 0 Å². The summed E-state index contributed by atoms with van der Waals surface area (Å²) in [6, 6.07) is 6.26. The van der Waals surface area contributed by atoms with Crippen LogP contribution in [0.3, 0.4) is 0 Å². The number of nitrogens with zero attached hydrogens (tertiary/aromatic N) is 1. The van der Waals surface area contributed by atoms with E-state index in [-0.39, 0.29) is 0 Å². The molecule has 4 heteroatoms. The predicted octanol–water partition coefficient (Wildman–Crippen LogP) is 4.44. The van der Waals surface area contributed by atoms with Crippen molar-refractivity contribution in [3.8, 4) is 0 Å². The number of halogens is 1. The van der Waals surface area contributed by atoms with Gasteiger partial charge in [-0.2, -0.15) is 0 Å². The Bertz CT molecular complexity index is 534. The zero-order valence-corrected chi connectivity index (χ0v) is 12.6. The van der Waals surface area contributed by atoms with Gasteiger partial charge in [0.25, 0.3) is 0 Å². The quantitative estimate of drug-likeness (QED) is 0.848. The third-order valence-electron chi connectivity index (χ3n) is 2.66. The highest BCUT2D eigenvalue weighted by atomic mass is 79.9. The van der Waals surface area contributed by atoms with E-state index >= 15 is 0 Å². The standard InChI is InChI=1S/C13H15BrN2S/c1-8-6-11(10(3)17-8)7-15-12-4-5-13(14)16-9(12)2/h4-6,15H,7H2,1-3H3. The number of rotatable bonds is 3. The molecule has 0 bridgehead atoms. The summed E-state index contributed by atoms with van der Waals surface area (Å²) >= 11 is 5.22. The van der Waals surface area contributed by atoms with Crippen molar-refractivity contribution in [3.05, 3.63) is 43.8 Å². The fraction of sp³-hybridized carbons (Fsp3) is 0.308. The number of pyridine rings is 1. The van der Waals surface area contributed by atoms with Gasteiger partial charge in [0.05, 0.1) is 11.4 Å². The number of nitrogens with one attached hydrogen (secondary N) is 1. The van der Waals surface area contributed by atoms with Gasteiger partial charge in [-0.1, -0.05) is 0 Å². The Hall–Kier alpha value is -0.870. The number of aromatic nitrogens is 1. The van der Waals surface area contributed by atoms with Gasteiger partial charge in [0, 0.05) is 16.3 Å². The normalized spacial score (nSPS) is 10.6. The average molecular weight is 311 g/mol. The Balaban J connectivity index is 2.10. The second-order valence-electron chi connectivity index (χ2n) is 4.06. The first kappa shape index (κ1) is 12.6. The van der Waals surface area contributed by atoms with Crippen molar-refractivity contribution in [3.63, 3.8) is 0 Å². The van der Waals surface area contributed by atoms with Crippen molar-refractivity contribution in [2.24, 2.45) is 0 Å². The molecule has 2 nitrogen and oxygen atoms in total. The summed E-state index contributed by atoms with van der Waals surface area (Å²) in [5.41, 5.74) is 3.48. The molecule has 17 heavy (non-hydrogen) atoms. The maximum atomic E-state index is 4.37. The summed E-state index contributed by atoms with van der Waals surface area (Å²) < 4.78 is 0.878. The van der Waals surface area contributed by atoms with Gasteiger partial charge in [-0.15, -0.1) is 11.3 Å². The summed E-state index contributed by atoms with van der Waals surface area (Å²) in [7, 11) is 0. The summed E-state index contributed by atoms with van der Waals surface area (Å²) in [4.78, 5) is 7.12. The maximum Gasteiger partial charge on any atom is 0.106 e. The summed E-state index contributed by atoms with van der Waals surface area (Å²) in [5.74, 6) is 0. The van der Waals surface area contributed by atoms with Gasteiger partial charge in [-0.05, 0) is 60.5 Å². The Labute approximate surface area is 114 Å². The highest BCUT2D eigenvalue weighted by Crippen LogP contribution is 2.22. The molecule has 0 fully saturated rings. The summed E-state index contributed by atoms with van der Waals surface area (Å²) in [6.07, 6.45) is 0. The third kappa shape index (κ3) is 3.07. The molecule has 0 radical (unpaired) electrons. The van der Waals surface area contributed by atoms with E-state index in [1.165, 1.54) is 15.3 Å². The SMILES string of the molecule is Cc1cc(CNc2ccc(Br)nc2C)c(C)s1. The van der Waals surface area contributed by atoms with Crippen LogP contribution in [0.15, 0.2) is 22.8 Å². The molecule has 0 aromatic carbocycles. The number of aryl methyl sites for hydroxylation is 3. The first-order valence-corrected chi connectivity index (χ1v) is 7.10. The molecule has 1 N–H and O–H groups in total. The minimum absolute atomic E-state index is 0.861. The van der Waals surface area contributed by atoms with Crippen LogP contribution in [0, 0.1) is 20.8 Å². The lowest BCUT2D eigenvalue weighted by Gasteiger charge is -2.08. The summed E-state index contributed by atoms with van der Waals surface area (Å²) in [6.45, 7) is 7.19. The first-order chi connectivity index (χ1) is 8.06. The van der Waals surface area contributed by atoms with Crippen molar-refractivity contribution in [1.29, 1.82) is 0 Å². The molecule has 0 aliphatic heterocycles. The third-order valence-corrected chi connectivity index (χ3v) is 4.11. The van der Waals surface area contributed by atoms with E-state index in [4.69, 9.17) is 0 Å². The monoisotopic (exact) mass is 310 g/mol. The van der Waals surface area contributed by atoms with Gasteiger partial charge in [0.2, 0.25) is 0 Å². The molecule has 0 saturated heterocycles. The lowest BCUT2D eigenvalue weighted by Crippen LogP contribution is -2.02. The van der Waals surface area contributed by atoms with Gasteiger partial charge in [-0.25, -0.2) is 4.98 Å². The van der Waals surface area contributed by atoms with Crippen LogP contribution in [-0.4, -0.2) is 4.98 Å². The maximum absolute atomic E-state index is 4.37. The van der Waals surface area contributed by atoms with Crippen LogP contribution in [0.4, 0.5) is 5.69 Å². The molecule has 2 aromatic rings. The molecule has 2 rings (SSSR count). The molecule has 2 heterocycles. The van der Waals surface area contributed by atoms with E-state index < -0.39 is 0 Å². The molecular weight excluding hydrogens is 296 g/mol. The highest BCUT2D eigenvalue weighted by molar-refractivity contribution is 9.10. The van der Waals surface area contributed by atoms with Crippen LogP contribution in [0.5, 0.6) is 0 Å². The Kier molecular flexibility index (Phi) is 3.84. The number of hydrogen-bond donors (Lipinski definition) is 1. The smallest absolute Gasteiger partial charge is 0.106 e. The Morgan fingerprint density at radius 2 is 2.06 bits per heavy atom. The fourth-order valence-electron chi connectivity index (χ4n) is 1.77. The molecule has 0 aliphatic carbocycles. The van der Waals surface area contributed by atoms with Crippen molar-refractivity contribution < 1.29 is 0 Å². The number of hydrogen-bond acceptors (Lipinski definition) is 3. The molecule has 90 valence electrons. The van der Waals surface area contributed by atoms with Gasteiger partial charge in [0.15, 0.2) is 0 Å². The zero-order valence-electron chi connectivity index (χ0n) is 10.2. The van der Waals surface area contributed by atoms with E-state index in [0.717, 1.165) is 22.5 Å². The lowest BCUT2D eigenvalue weighted by atomic mass is 10.2. The molecule has 2 aromatic heterocycles. The minimum atomic E-state index is 0.861. The van der Waals surface area contributed by atoms with E-state index in [1.807, 2.05) is 24.3 Å². The molecule has 0 amide bonds. The minimum Gasteiger partial charge on any atom is -0.379 e. The first-order valence-electron chi connectivity index (χ1n) is 5.49. The van der Waals surface area contributed by atoms with Crippen LogP contribution in [0.2, 0.25) is 0 Å². The van der Waals surface area contributed by atoms with Crippen LogP contribution in [-0.2, 0) is 6.54 Å². The topological polar surface area (TPSA) is 24.9 Å². The molecule has 0 atom stereocenters. The predicted molar refractivity (Wildman–Crippen MR) is 77.8 cm³/mol. The molecule has 0 unspecified atom stereocenters. The summed E-state index contributed by atoms with van der Waals surface area (Å²) in [5, 5.41) is 3.43. The van der Waals surface area contributed by atoms with Crippen molar-refractivity contribution >= 4 is 33.0 Å².